The summed E-state index contributed by atoms with van der Waals surface area (Å²) >= 11 is 0. The summed E-state index contributed by atoms with van der Waals surface area (Å²) in [4.78, 5) is 16.0. The average Bonchev–Trinajstić information content (AvgIpc) is 2.85. The summed E-state index contributed by atoms with van der Waals surface area (Å²) in [7, 11) is 0. The molecule has 0 spiro atoms. The molecule has 2 rings (SSSR count). The van der Waals surface area contributed by atoms with Crippen LogP contribution in [-0.4, -0.2) is 28.1 Å². The number of para-hydroxylation sites is 1. The van der Waals surface area contributed by atoms with Gasteiger partial charge in [-0.3, -0.25) is 5.21 Å². The van der Waals surface area contributed by atoms with E-state index >= 15 is 0 Å². The summed E-state index contributed by atoms with van der Waals surface area (Å²) in [6.07, 6.45) is 3.68. The van der Waals surface area contributed by atoms with Gasteiger partial charge in [0.15, 0.2) is 5.75 Å². The van der Waals surface area contributed by atoms with Crippen molar-refractivity contribution in [2.45, 2.75) is 12.5 Å². The standard InChI is InChI=1S/C12H13N3O3/c13-12(16)15(17)10-7-6-9(8-10)14-18-11-4-2-1-3-5-11/h1-7,10,17H,8H2,(H2,13,16)/b14-9-/t10-/m0/s1. The Balaban J connectivity index is 1.94. The first-order valence-corrected chi connectivity index (χ1v) is 5.41. The van der Waals surface area contributed by atoms with E-state index in [0.717, 1.165) is 0 Å². The van der Waals surface area contributed by atoms with Gasteiger partial charge in [0, 0.05) is 6.42 Å². The van der Waals surface area contributed by atoms with Crippen LogP contribution >= 0.6 is 0 Å². The van der Waals surface area contributed by atoms with E-state index in [1.807, 2.05) is 18.2 Å². The Morgan fingerprint density at radius 2 is 2.17 bits per heavy atom. The van der Waals surface area contributed by atoms with Gasteiger partial charge in [-0.1, -0.05) is 29.4 Å². The van der Waals surface area contributed by atoms with Crippen molar-refractivity contribution in [3.63, 3.8) is 0 Å². The number of allylic oxidation sites excluding steroid dienone is 1. The Morgan fingerprint density at radius 3 is 2.83 bits per heavy atom. The summed E-state index contributed by atoms with van der Waals surface area (Å²) in [5, 5.41) is 13.7. The fraction of sp³-hybridized carbons (Fsp3) is 0.167. The molecule has 1 aliphatic carbocycles. The molecule has 1 aromatic carbocycles. The molecule has 18 heavy (non-hydrogen) atoms. The molecule has 0 bridgehead atoms. The molecule has 1 atom stereocenters. The summed E-state index contributed by atoms with van der Waals surface area (Å²) in [6, 6.07) is 7.73. The molecular formula is C12H13N3O3. The number of rotatable bonds is 3. The Morgan fingerprint density at radius 1 is 1.44 bits per heavy atom. The van der Waals surface area contributed by atoms with Crippen LogP contribution in [0.1, 0.15) is 6.42 Å². The second kappa shape index (κ2) is 5.33. The van der Waals surface area contributed by atoms with Gasteiger partial charge in [-0.2, -0.15) is 5.06 Å². The number of primary amides is 1. The van der Waals surface area contributed by atoms with Gasteiger partial charge in [-0.05, 0) is 18.2 Å². The number of hydrogen-bond acceptors (Lipinski definition) is 4. The quantitative estimate of drug-likeness (QED) is 0.627. The molecule has 94 valence electrons. The van der Waals surface area contributed by atoms with E-state index < -0.39 is 12.1 Å². The van der Waals surface area contributed by atoms with Crippen molar-refractivity contribution >= 4 is 11.7 Å². The zero-order chi connectivity index (χ0) is 13.0. The third-order valence-corrected chi connectivity index (χ3v) is 2.48. The van der Waals surface area contributed by atoms with Crippen molar-refractivity contribution in [1.29, 1.82) is 0 Å². The third-order valence-electron chi connectivity index (χ3n) is 2.48. The Bertz CT molecular complexity index is 485. The lowest BCUT2D eigenvalue weighted by Crippen LogP contribution is -2.39. The first-order chi connectivity index (χ1) is 8.66. The minimum atomic E-state index is -0.894. The topological polar surface area (TPSA) is 88.2 Å². The van der Waals surface area contributed by atoms with Crippen LogP contribution in [0.3, 0.4) is 0 Å². The predicted octanol–water partition coefficient (Wildman–Crippen LogP) is 1.52. The summed E-state index contributed by atoms with van der Waals surface area (Å²) < 4.78 is 0. The zero-order valence-electron chi connectivity index (χ0n) is 9.56. The second-order valence-electron chi connectivity index (χ2n) is 3.80. The van der Waals surface area contributed by atoms with E-state index in [1.165, 1.54) is 0 Å². The smallest absolute Gasteiger partial charge is 0.339 e. The van der Waals surface area contributed by atoms with E-state index in [0.29, 0.717) is 22.9 Å². The second-order valence-corrected chi connectivity index (χ2v) is 3.80. The normalized spacial score (nSPS) is 20.1. The van der Waals surface area contributed by atoms with Crippen LogP contribution in [0.4, 0.5) is 4.79 Å². The number of hydroxylamine groups is 2. The van der Waals surface area contributed by atoms with Gasteiger partial charge in [0.05, 0.1) is 11.8 Å². The summed E-state index contributed by atoms with van der Waals surface area (Å²) in [6.45, 7) is 0. The monoisotopic (exact) mass is 247 g/mol. The molecule has 0 heterocycles. The highest BCUT2D eigenvalue weighted by Crippen LogP contribution is 2.15. The number of benzene rings is 1. The van der Waals surface area contributed by atoms with Gasteiger partial charge in [-0.15, -0.1) is 0 Å². The van der Waals surface area contributed by atoms with Crippen molar-refractivity contribution in [3.8, 4) is 5.75 Å². The van der Waals surface area contributed by atoms with Crippen LogP contribution in [-0.2, 0) is 0 Å². The van der Waals surface area contributed by atoms with Crippen LogP contribution in [0, 0.1) is 0 Å². The Labute approximate surface area is 104 Å². The fourth-order valence-corrected chi connectivity index (χ4v) is 1.56. The average molecular weight is 247 g/mol. The summed E-state index contributed by atoms with van der Waals surface area (Å²) in [5.74, 6) is 0.623. The van der Waals surface area contributed by atoms with E-state index in [2.05, 4.69) is 5.16 Å². The lowest BCUT2D eigenvalue weighted by atomic mass is 10.2. The highest BCUT2D eigenvalue weighted by atomic mass is 16.6. The molecule has 2 amide bonds. The molecule has 0 saturated carbocycles. The maximum absolute atomic E-state index is 10.8. The lowest BCUT2D eigenvalue weighted by molar-refractivity contribution is -0.0583. The molecule has 6 heteroatoms. The SMILES string of the molecule is NC(=O)N(O)[C@H]1C=C/C(=N/Oc2ccccc2)C1. The van der Waals surface area contributed by atoms with Crippen LogP contribution in [0.25, 0.3) is 0 Å². The number of carbonyl (C=O) groups is 1. The number of nitrogens with two attached hydrogens (primary N) is 1. The maximum atomic E-state index is 10.8. The minimum absolute atomic E-state index is 0.367. The molecule has 1 aliphatic rings. The first kappa shape index (κ1) is 12.1. The van der Waals surface area contributed by atoms with Crippen LogP contribution in [0.5, 0.6) is 5.75 Å². The first-order valence-electron chi connectivity index (χ1n) is 5.41. The molecule has 3 N–H and O–H groups in total. The van der Waals surface area contributed by atoms with Gasteiger partial charge in [0.25, 0.3) is 0 Å². The molecule has 0 unspecified atom stereocenters. The molecule has 0 radical (unpaired) electrons. The Hall–Kier alpha value is -2.34. The van der Waals surface area contributed by atoms with Gasteiger partial charge in [0.2, 0.25) is 0 Å². The molecule has 0 fully saturated rings. The highest BCUT2D eigenvalue weighted by Gasteiger charge is 2.23. The van der Waals surface area contributed by atoms with Gasteiger partial charge in [0.1, 0.15) is 0 Å². The molecular weight excluding hydrogens is 234 g/mol. The van der Waals surface area contributed by atoms with Gasteiger partial charge >= 0.3 is 6.03 Å². The highest BCUT2D eigenvalue weighted by molar-refractivity contribution is 5.98. The molecule has 0 aromatic heterocycles. The predicted molar refractivity (Wildman–Crippen MR) is 65.3 cm³/mol. The van der Waals surface area contributed by atoms with E-state index in [4.69, 9.17) is 10.6 Å². The number of amides is 2. The number of carbonyl (C=O) groups excluding carboxylic acids is 1. The van der Waals surface area contributed by atoms with E-state index in [-0.39, 0.29) is 0 Å². The van der Waals surface area contributed by atoms with Crippen LogP contribution in [0.2, 0.25) is 0 Å². The maximum Gasteiger partial charge on any atom is 0.339 e. The van der Waals surface area contributed by atoms with Crippen LogP contribution in [0.15, 0.2) is 47.6 Å². The third kappa shape index (κ3) is 2.86. The number of hydrogen-bond donors (Lipinski definition) is 2. The number of urea groups is 1. The molecule has 0 saturated heterocycles. The van der Waals surface area contributed by atoms with E-state index in [1.54, 1.807) is 24.3 Å². The van der Waals surface area contributed by atoms with Crippen molar-refractivity contribution in [1.82, 2.24) is 5.06 Å². The Kier molecular flexibility index (Phi) is 3.59. The minimum Gasteiger partial charge on any atom is -0.357 e. The fourth-order valence-electron chi connectivity index (χ4n) is 1.56. The zero-order valence-corrected chi connectivity index (χ0v) is 9.56. The summed E-state index contributed by atoms with van der Waals surface area (Å²) in [5.41, 5.74) is 5.59. The van der Waals surface area contributed by atoms with E-state index in [9.17, 15) is 10.0 Å². The number of nitrogens with zero attached hydrogens (tertiary/aromatic N) is 2. The number of oxime groups is 1. The van der Waals surface area contributed by atoms with Crippen molar-refractivity contribution in [3.05, 3.63) is 42.5 Å². The largest absolute Gasteiger partial charge is 0.357 e. The van der Waals surface area contributed by atoms with Gasteiger partial charge < -0.3 is 10.6 Å². The molecule has 1 aromatic rings. The van der Waals surface area contributed by atoms with Crippen LogP contribution < -0.4 is 10.6 Å². The van der Waals surface area contributed by atoms with Crippen molar-refractivity contribution in [2.75, 3.05) is 0 Å². The molecule has 6 nitrogen and oxygen atoms in total. The van der Waals surface area contributed by atoms with Crippen molar-refractivity contribution < 1.29 is 14.8 Å². The molecule has 0 aliphatic heterocycles. The van der Waals surface area contributed by atoms with Crippen molar-refractivity contribution in [2.24, 2.45) is 10.9 Å². The lowest BCUT2D eigenvalue weighted by Gasteiger charge is -2.17. The van der Waals surface area contributed by atoms with Gasteiger partial charge in [-0.25, -0.2) is 4.79 Å².